The molecule has 5 heteroatoms. The van der Waals surface area contributed by atoms with Crippen molar-refractivity contribution in [2.75, 3.05) is 11.5 Å². The van der Waals surface area contributed by atoms with Crippen LogP contribution in [0.15, 0.2) is 27.6 Å². The van der Waals surface area contributed by atoms with Gasteiger partial charge in [-0.25, -0.2) is 8.42 Å². The Morgan fingerprint density at radius 2 is 1.88 bits per heavy atom. The summed E-state index contributed by atoms with van der Waals surface area (Å²) in [5, 5.41) is 0. The van der Waals surface area contributed by atoms with E-state index in [2.05, 4.69) is 15.9 Å². The van der Waals surface area contributed by atoms with E-state index in [0.29, 0.717) is 15.1 Å². The Balaban J connectivity index is 3.05. The van der Waals surface area contributed by atoms with E-state index in [1.54, 1.807) is 18.2 Å². The van der Waals surface area contributed by atoms with Crippen molar-refractivity contribution in [1.29, 1.82) is 0 Å². The standard InChI is InChI=1S/C12H18BrNO2S/c1-3-9(4-2)8-17(15,16)12-6-5-10(14)7-11(12)13/h5-7,9H,3-4,8,14H2,1-2H3. The lowest BCUT2D eigenvalue weighted by atomic mass is 10.1. The van der Waals surface area contributed by atoms with Gasteiger partial charge in [-0.05, 0) is 40.0 Å². The lowest BCUT2D eigenvalue weighted by Gasteiger charge is -2.13. The SMILES string of the molecule is CCC(CC)CS(=O)(=O)c1ccc(N)cc1Br. The predicted octanol–water partition coefficient (Wildman–Crippen LogP) is 3.24. The molecule has 1 aromatic rings. The second kappa shape index (κ2) is 5.87. The molecule has 0 unspecified atom stereocenters. The van der Waals surface area contributed by atoms with Crippen LogP contribution in [0.4, 0.5) is 5.69 Å². The minimum absolute atomic E-state index is 0.197. The topological polar surface area (TPSA) is 60.2 Å². The van der Waals surface area contributed by atoms with E-state index in [4.69, 9.17) is 5.73 Å². The largest absolute Gasteiger partial charge is 0.399 e. The molecular formula is C12H18BrNO2S. The Kier molecular flexibility index (Phi) is 5.01. The van der Waals surface area contributed by atoms with Gasteiger partial charge in [0.15, 0.2) is 9.84 Å². The minimum Gasteiger partial charge on any atom is -0.399 e. The minimum atomic E-state index is -3.23. The van der Waals surface area contributed by atoms with Crippen LogP contribution < -0.4 is 5.73 Å². The van der Waals surface area contributed by atoms with Crippen LogP contribution in [0.5, 0.6) is 0 Å². The number of halogens is 1. The summed E-state index contributed by atoms with van der Waals surface area (Å²) in [6, 6.07) is 4.81. The molecule has 17 heavy (non-hydrogen) atoms. The molecule has 0 radical (unpaired) electrons. The molecule has 0 aliphatic carbocycles. The van der Waals surface area contributed by atoms with Crippen LogP contribution in [0.2, 0.25) is 0 Å². The monoisotopic (exact) mass is 319 g/mol. The summed E-state index contributed by atoms with van der Waals surface area (Å²) in [4.78, 5) is 0.332. The first kappa shape index (κ1) is 14.5. The Labute approximate surface area is 111 Å². The third-order valence-electron chi connectivity index (χ3n) is 2.90. The van der Waals surface area contributed by atoms with Gasteiger partial charge in [0, 0.05) is 10.2 Å². The average molecular weight is 320 g/mol. The smallest absolute Gasteiger partial charge is 0.179 e. The molecule has 0 saturated carbocycles. The first-order valence-electron chi connectivity index (χ1n) is 5.68. The van der Waals surface area contributed by atoms with Crippen molar-refractivity contribution in [2.45, 2.75) is 31.6 Å². The second-order valence-corrected chi connectivity index (χ2v) is 7.01. The molecule has 0 saturated heterocycles. The molecule has 0 atom stereocenters. The van der Waals surface area contributed by atoms with Crippen LogP contribution in [0.25, 0.3) is 0 Å². The zero-order valence-electron chi connectivity index (χ0n) is 10.1. The Morgan fingerprint density at radius 1 is 1.29 bits per heavy atom. The third-order valence-corrected chi connectivity index (χ3v) is 5.76. The third kappa shape index (κ3) is 3.71. The molecule has 0 heterocycles. The normalized spacial score (nSPS) is 12.0. The maximum Gasteiger partial charge on any atom is 0.179 e. The van der Waals surface area contributed by atoms with Crippen molar-refractivity contribution in [1.82, 2.24) is 0 Å². The van der Waals surface area contributed by atoms with Crippen molar-refractivity contribution in [3.8, 4) is 0 Å². The molecule has 0 spiro atoms. The summed E-state index contributed by atoms with van der Waals surface area (Å²) in [5.41, 5.74) is 6.15. The molecular weight excluding hydrogens is 302 g/mol. The average Bonchev–Trinajstić information content (AvgIpc) is 2.25. The van der Waals surface area contributed by atoms with Crippen LogP contribution in [0.3, 0.4) is 0 Å². The van der Waals surface area contributed by atoms with Crippen LogP contribution in [-0.4, -0.2) is 14.2 Å². The lowest BCUT2D eigenvalue weighted by Crippen LogP contribution is -2.16. The molecule has 1 rings (SSSR count). The summed E-state index contributed by atoms with van der Waals surface area (Å²) in [5.74, 6) is 0.409. The van der Waals surface area contributed by atoms with Gasteiger partial charge in [0.1, 0.15) is 0 Å². The number of anilines is 1. The fourth-order valence-electron chi connectivity index (χ4n) is 1.69. The van der Waals surface area contributed by atoms with Gasteiger partial charge >= 0.3 is 0 Å². The summed E-state index contributed by atoms with van der Waals surface area (Å²) in [6.07, 6.45) is 1.75. The van der Waals surface area contributed by atoms with Crippen molar-refractivity contribution < 1.29 is 8.42 Å². The highest BCUT2D eigenvalue weighted by atomic mass is 79.9. The fourth-order valence-corrected chi connectivity index (χ4v) is 4.73. The molecule has 0 fully saturated rings. The van der Waals surface area contributed by atoms with Crippen LogP contribution >= 0.6 is 15.9 Å². The van der Waals surface area contributed by atoms with Gasteiger partial charge in [-0.2, -0.15) is 0 Å². The van der Waals surface area contributed by atoms with Gasteiger partial charge in [0.25, 0.3) is 0 Å². The molecule has 0 amide bonds. The number of sulfone groups is 1. The summed E-state index contributed by atoms with van der Waals surface area (Å²) in [7, 11) is -3.23. The van der Waals surface area contributed by atoms with Gasteiger partial charge in [0.05, 0.1) is 10.6 Å². The van der Waals surface area contributed by atoms with Crippen LogP contribution in [0, 0.1) is 5.92 Å². The molecule has 0 aliphatic rings. The first-order chi connectivity index (χ1) is 7.90. The predicted molar refractivity (Wildman–Crippen MR) is 74.7 cm³/mol. The van der Waals surface area contributed by atoms with Gasteiger partial charge in [-0.15, -0.1) is 0 Å². The first-order valence-corrected chi connectivity index (χ1v) is 8.13. The van der Waals surface area contributed by atoms with E-state index in [-0.39, 0.29) is 11.7 Å². The number of hydrogen-bond donors (Lipinski definition) is 1. The van der Waals surface area contributed by atoms with E-state index < -0.39 is 9.84 Å². The Morgan fingerprint density at radius 3 is 2.35 bits per heavy atom. The zero-order valence-corrected chi connectivity index (χ0v) is 12.5. The Hall–Kier alpha value is -0.550. The van der Waals surface area contributed by atoms with Gasteiger partial charge in [-0.1, -0.05) is 26.7 Å². The number of hydrogen-bond acceptors (Lipinski definition) is 3. The van der Waals surface area contributed by atoms with Crippen molar-refractivity contribution >= 4 is 31.5 Å². The molecule has 1 aromatic carbocycles. The van der Waals surface area contributed by atoms with E-state index in [9.17, 15) is 8.42 Å². The summed E-state index contributed by atoms with van der Waals surface area (Å²) < 4.78 is 25.0. The second-order valence-electron chi connectivity index (χ2n) is 4.15. The zero-order chi connectivity index (χ0) is 13.1. The quantitative estimate of drug-likeness (QED) is 0.847. The van der Waals surface area contributed by atoms with E-state index >= 15 is 0 Å². The highest BCUT2D eigenvalue weighted by Crippen LogP contribution is 2.27. The van der Waals surface area contributed by atoms with Gasteiger partial charge < -0.3 is 5.73 Å². The fraction of sp³-hybridized carbons (Fsp3) is 0.500. The lowest BCUT2D eigenvalue weighted by molar-refractivity contribution is 0.523. The molecule has 0 bridgehead atoms. The molecule has 3 nitrogen and oxygen atoms in total. The number of rotatable bonds is 5. The van der Waals surface area contributed by atoms with E-state index in [0.717, 1.165) is 12.8 Å². The van der Waals surface area contributed by atoms with Gasteiger partial charge in [0.2, 0.25) is 0 Å². The maximum atomic E-state index is 12.2. The van der Waals surface area contributed by atoms with Crippen LogP contribution in [0.1, 0.15) is 26.7 Å². The number of nitrogen functional groups attached to an aromatic ring is 1. The van der Waals surface area contributed by atoms with Gasteiger partial charge in [-0.3, -0.25) is 0 Å². The summed E-state index contributed by atoms with van der Waals surface area (Å²) >= 11 is 3.26. The number of benzene rings is 1. The highest BCUT2D eigenvalue weighted by Gasteiger charge is 2.21. The maximum absolute atomic E-state index is 12.2. The van der Waals surface area contributed by atoms with E-state index in [1.807, 2.05) is 13.8 Å². The summed E-state index contributed by atoms with van der Waals surface area (Å²) in [6.45, 7) is 4.03. The van der Waals surface area contributed by atoms with Crippen LogP contribution in [-0.2, 0) is 9.84 Å². The highest BCUT2D eigenvalue weighted by molar-refractivity contribution is 9.10. The molecule has 96 valence electrons. The Bertz CT molecular complexity index is 481. The number of nitrogens with two attached hydrogens (primary N) is 1. The molecule has 2 N–H and O–H groups in total. The molecule has 0 aliphatic heterocycles. The van der Waals surface area contributed by atoms with Crippen molar-refractivity contribution in [2.24, 2.45) is 5.92 Å². The molecule has 0 aromatic heterocycles. The van der Waals surface area contributed by atoms with E-state index in [1.165, 1.54) is 0 Å². The van der Waals surface area contributed by atoms with Crippen molar-refractivity contribution in [3.63, 3.8) is 0 Å². The van der Waals surface area contributed by atoms with Crippen molar-refractivity contribution in [3.05, 3.63) is 22.7 Å².